The Hall–Kier alpha value is -1.34. The second-order valence-electron chi connectivity index (χ2n) is 6.48. The van der Waals surface area contributed by atoms with Gasteiger partial charge in [-0.1, -0.05) is 43.1 Å². The highest BCUT2D eigenvalue weighted by molar-refractivity contribution is 6.37. The maximum atomic E-state index is 12.9. The maximum absolute atomic E-state index is 12.9. The lowest BCUT2D eigenvalue weighted by Gasteiger charge is -2.33. The quantitative estimate of drug-likeness (QED) is 0.828. The summed E-state index contributed by atoms with van der Waals surface area (Å²) in [5.41, 5.74) is 0.550. The maximum Gasteiger partial charge on any atom is 0.293 e. The third kappa shape index (κ3) is 3.98. The first kappa shape index (κ1) is 21.0. The number of halogens is 3. The zero-order chi connectivity index (χ0) is 18.1. The molecular weight excluding hydrogens is 397 g/mol. The van der Waals surface area contributed by atoms with E-state index in [-0.39, 0.29) is 36.1 Å². The summed E-state index contributed by atoms with van der Waals surface area (Å²) in [5, 5.41) is 8.66. The summed E-state index contributed by atoms with van der Waals surface area (Å²) in [7, 11) is 0. The van der Waals surface area contributed by atoms with Crippen molar-refractivity contribution in [2.24, 2.45) is 0 Å². The highest BCUT2D eigenvalue weighted by Gasteiger charge is 2.29. The van der Waals surface area contributed by atoms with Crippen molar-refractivity contribution in [3.63, 3.8) is 0 Å². The molecule has 1 fully saturated rings. The van der Waals surface area contributed by atoms with Crippen LogP contribution < -0.4 is 5.32 Å². The Morgan fingerprint density at radius 3 is 2.54 bits per heavy atom. The molecule has 9 heteroatoms. The fourth-order valence-corrected chi connectivity index (χ4v) is 3.47. The van der Waals surface area contributed by atoms with Gasteiger partial charge in [0.05, 0.1) is 10.0 Å². The standard InChI is InChI=1S/C17H21Cl2N5O.ClH/c1-10(2)16-21-15(17(25)23-8-7-20-9-11(23)3)22-24(16)14-12(18)5-4-6-13(14)19;/h4-6,10-11,20H,7-9H2,1-3H3;1H. The molecule has 1 amide bonds. The fraction of sp³-hybridized carbons (Fsp3) is 0.471. The molecule has 0 saturated carbocycles. The van der Waals surface area contributed by atoms with Crippen LogP contribution in [0.25, 0.3) is 5.69 Å². The number of nitrogens with one attached hydrogen (secondary N) is 1. The number of carbonyl (C=O) groups is 1. The number of benzene rings is 1. The van der Waals surface area contributed by atoms with Crippen LogP contribution in [0.15, 0.2) is 18.2 Å². The van der Waals surface area contributed by atoms with Gasteiger partial charge in [-0.05, 0) is 19.1 Å². The van der Waals surface area contributed by atoms with E-state index < -0.39 is 0 Å². The van der Waals surface area contributed by atoms with Crippen LogP contribution in [-0.2, 0) is 0 Å². The smallest absolute Gasteiger partial charge is 0.293 e. The minimum atomic E-state index is -0.169. The lowest BCUT2D eigenvalue weighted by atomic mass is 10.2. The molecule has 0 radical (unpaired) electrons. The van der Waals surface area contributed by atoms with Crippen LogP contribution >= 0.6 is 35.6 Å². The number of para-hydroxylation sites is 1. The van der Waals surface area contributed by atoms with E-state index in [2.05, 4.69) is 15.4 Å². The first-order valence-corrected chi connectivity index (χ1v) is 9.08. The average molecular weight is 419 g/mol. The molecule has 1 saturated heterocycles. The number of nitrogens with zero attached hydrogens (tertiary/aromatic N) is 4. The van der Waals surface area contributed by atoms with Gasteiger partial charge in [0, 0.05) is 31.6 Å². The molecule has 1 aliphatic rings. The molecule has 0 aliphatic carbocycles. The van der Waals surface area contributed by atoms with Crippen molar-refractivity contribution < 1.29 is 4.79 Å². The molecule has 1 unspecified atom stereocenters. The van der Waals surface area contributed by atoms with Gasteiger partial charge < -0.3 is 10.2 Å². The van der Waals surface area contributed by atoms with Crippen LogP contribution in [-0.4, -0.2) is 51.2 Å². The average Bonchev–Trinajstić information content (AvgIpc) is 3.00. The Morgan fingerprint density at radius 2 is 1.96 bits per heavy atom. The molecule has 2 aromatic rings. The Morgan fingerprint density at radius 1 is 1.31 bits per heavy atom. The lowest BCUT2D eigenvalue weighted by Crippen LogP contribution is -2.52. The van der Waals surface area contributed by atoms with E-state index in [1.807, 2.05) is 20.8 Å². The number of amides is 1. The van der Waals surface area contributed by atoms with Crippen molar-refractivity contribution in [1.29, 1.82) is 0 Å². The highest BCUT2D eigenvalue weighted by atomic mass is 35.5. The minimum Gasteiger partial charge on any atom is -0.331 e. The van der Waals surface area contributed by atoms with Gasteiger partial charge in [0.25, 0.3) is 5.91 Å². The van der Waals surface area contributed by atoms with Crippen molar-refractivity contribution in [2.75, 3.05) is 19.6 Å². The van der Waals surface area contributed by atoms with E-state index in [9.17, 15) is 4.79 Å². The van der Waals surface area contributed by atoms with E-state index >= 15 is 0 Å². The molecule has 6 nitrogen and oxygen atoms in total. The highest BCUT2D eigenvalue weighted by Crippen LogP contribution is 2.30. The Labute approximate surface area is 169 Å². The minimum absolute atomic E-state index is 0. The topological polar surface area (TPSA) is 63.1 Å². The molecule has 0 bridgehead atoms. The van der Waals surface area contributed by atoms with Gasteiger partial charge in [0.2, 0.25) is 5.82 Å². The van der Waals surface area contributed by atoms with Crippen molar-refractivity contribution in [3.8, 4) is 5.69 Å². The first-order valence-electron chi connectivity index (χ1n) is 8.33. The van der Waals surface area contributed by atoms with Crippen molar-refractivity contribution >= 4 is 41.5 Å². The molecule has 2 heterocycles. The summed E-state index contributed by atoms with van der Waals surface area (Å²) in [4.78, 5) is 19.2. The fourth-order valence-electron chi connectivity index (χ4n) is 2.92. The van der Waals surface area contributed by atoms with Crippen LogP contribution in [0.4, 0.5) is 0 Å². The van der Waals surface area contributed by atoms with E-state index in [4.69, 9.17) is 23.2 Å². The summed E-state index contributed by atoms with van der Waals surface area (Å²) in [6, 6.07) is 5.36. The van der Waals surface area contributed by atoms with Gasteiger partial charge >= 0.3 is 0 Å². The Kier molecular flexibility index (Phi) is 6.91. The second kappa shape index (κ2) is 8.57. The van der Waals surface area contributed by atoms with Gasteiger partial charge in [0.15, 0.2) is 0 Å². The van der Waals surface area contributed by atoms with E-state index in [0.29, 0.717) is 28.1 Å². The number of hydrogen-bond donors (Lipinski definition) is 1. The van der Waals surface area contributed by atoms with Gasteiger partial charge in [-0.3, -0.25) is 4.79 Å². The molecule has 1 N–H and O–H groups in total. The van der Waals surface area contributed by atoms with Crippen LogP contribution in [0.1, 0.15) is 43.1 Å². The van der Waals surface area contributed by atoms with E-state index in [1.54, 1.807) is 27.8 Å². The predicted octanol–water partition coefficient (Wildman–Crippen LogP) is 3.55. The monoisotopic (exact) mass is 417 g/mol. The molecule has 1 atom stereocenters. The normalized spacial score (nSPS) is 17.3. The van der Waals surface area contributed by atoms with Gasteiger partial charge in [-0.25, -0.2) is 9.67 Å². The summed E-state index contributed by atoms with van der Waals surface area (Å²) in [6.07, 6.45) is 0. The van der Waals surface area contributed by atoms with Crippen molar-refractivity contribution in [3.05, 3.63) is 39.9 Å². The van der Waals surface area contributed by atoms with Crippen LogP contribution in [0.5, 0.6) is 0 Å². The SMILES string of the molecule is CC(C)c1nc(C(=O)N2CCNCC2C)nn1-c1c(Cl)cccc1Cl.Cl. The number of hydrogen-bond acceptors (Lipinski definition) is 4. The molecule has 1 aromatic heterocycles. The zero-order valence-corrected chi connectivity index (χ0v) is 17.2. The molecule has 142 valence electrons. The molecule has 0 spiro atoms. The Balaban J connectivity index is 0.00000243. The number of rotatable bonds is 3. The third-order valence-electron chi connectivity index (χ3n) is 4.25. The predicted molar refractivity (Wildman–Crippen MR) is 106 cm³/mol. The Bertz CT molecular complexity index is 772. The molecule has 3 rings (SSSR count). The summed E-state index contributed by atoms with van der Waals surface area (Å²) < 4.78 is 1.59. The van der Waals surface area contributed by atoms with Crippen LogP contribution in [0, 0.1) is 0 Å². The second-order valence-corrected chi connectivity index (χ2v) is 7.30. The molecule has 1 aromatic carbocycles. The van der Waals surface area contributed by atoms with Crippen LogP contribution in [0.3, 0.4) is 0 Å². The summed E-state index contributed by atoms with van der Waals surface area (Å²) >= 11 is 12.6. The molecule has 26 heavy (non-hydrogen) atoms. The van der Waals surface area contributed by atoms with Crippen molar-refractivity contribution in [1.82, 2.24) is 25.0 Å². The number of carbonyl (C=O) groups excluding carboxylic acids is 1. The van der Waals surface area contributed by atoms with Crippen LogP contribution in [0.2, 0.25) is 10.0 Å². The summed E-state index contributed by atoms with van der Waals surface area (Å²) in [6.45, 7) is 8.16. The van der Waals surface area contributed by atoms with Gasteiger partial charge in [-0.2, -0.15) is 0 Å². The van der Waals surface area contributed by atoms with Gasteiger partial charge in [-0.15, -0.1) is 17.5 Å². The van der Waals surface area contributed by atoms with E-state index in [0.717, 1.165) is 13.1 Å². The molecule has 1 aliphatic heterocycles. The largest absolute Gasteiger partial charge is 0.331 e. The van der Waals surface area contributed by atoms with Gasteiger partial charge in [0.1, 0.15) is 11.5 Å². The number of piperazine rings is 1. The number of aromatic nitrogens is 3. The summed E-state index contributed by atoms with van der Waals surface area (Å²) in [5.74, 6) is 0.717. The molecular formula is C17H22Cl3N5O. The van der Waals surface area contributed by atoms with Crippen molar-refractivity contribution in [2.45, 2.75) is 32.7 Å². The van der Waals surface area contributed by atoms with E-state index in [1.165, 1.54) is 0 Å². The lowest BCUT2D eigenvalue weighted by molar-refractivity contribution is 0.0643. The first-order chi connectivity index (χ1) is 11.9. The zero-order valence-electron chi connectivity index (χ0n) is 14.9. The third-order valence-corrected chi connectivity index (χ3v) is 4.86.